The number of benzene rings is 1. The van der Waals surface area contributed by atoms with Crippen molar-refractivity contribution < 1.29 is 0 Å². The largest absolute Gasteiger partial charge is 0.372 e. The van der Waals surface area contributed by atoms with Crippen LogP contribution in [0.2, 0.25) is 0 Å². The Balaban J connectivity index is 2.88. The highest BCUT2D eigenvalue weighted by Gasteiger charge is 2.33. The first-order chi connectivity index (χ1) is 9.93. The van der Waals surface area contributed by atoms with E-state index in [2.05, 4.69) is 43.1 Å². The van der Waals surface area contributed by atoms with Gasteiger partial charge in [-0.15, -0.1) is 0 Å². The summed E-state index contributed by atoms with van der Waals surface area (Å²) in [5, 5.41) is 3.34. The number of alkyl halides is 3. The second-order valence-corrected chi connectivity index (χ2v) is 7.42. The molecule has 1 aromatic carbocycles. The summed E-state index contributed by atoms with van der Waals surface area (Å²) in [6, 6.07) is 7.97. The van der Waals surface area contributed by atoms with E-state index in [0.717, 1.165) is 38.0 Å². The molecule has 5 heteroatoms. The first-order valence-corrected chi connectivity index (χ1v) is 8.72. The van der Waals surface area contributed by atoms with Gasteiger partial charge >= 0.3 is 0 Å². The van der Waals surface area contributed by atoms with Crippen LogP contribution in [0.5, 0.6) is 0 Å². The maximum atomic E-state index is 6.13. The van der Waals surface area contributed by atoms with E-state index >= 15 is 0 Å². The topological polar surface area (TPSA) is 15.3 Å². The molecule has 0 heterocycles. The van der Waals surface area contributed by atoms with Crippen LogP contribution in [0, 0.1) is 0 Å². The molecule has 1 atom stereocenters. The summed E-state index contributed by atoms with van der Waals surface area (Å²) in [6.45, 7) is 9.25. The van der Waals surface area contributed by atoms with E-state index in [-0.39, 0.29) is 6.04 Å². The van der Waals surface area contributed by atoms with Crippen LogP contribution in [0.15, 0.2) is 24.3 Å². The predicted octanol–water partition coefficient (Wildman–Crippen LogP) is 5.33. The second kappa shape index (κ2) is 9.09. The van der Waals surface area contributed by atoms with Crippen molar-refractivity contribution in [3.63, 3.8) is 0 Å². The van der Waals surface area contributed by atoms with Crippen LogP contribution in [0.4, 0.5) is 5.69 Å². The molecule has 0 radical (unpaired) electrons. The van der Waals surface area contributed by atoms with Gasteiger partial charge in [-0.25, -0.2) is 0 Å². The van der Waals surface area contributed by atoms with Gasteiger partial charge < -0.3 is 10.2 Å². The zero-order chi connectivity index (χ0) is 15.9. The van der Waals surface area contributed by atoms with Crippen molar-refractivity contribution in [1.29, 1.82) is 0 Å². The third kappa shape index (κ3) is 5.86. The molecular formula is C16H25Cl3N2. The molecule has 1 N–H and O–H groups in total. The summed E-state index contributed by atoms with van der Waals surface area (Å²) in [5.41, 5.74) is 2.20. The predicted molar refractivity (Wildman–Crippen MR) is 95.9 cm³/mol. The van der Waals surface area contributed by atoms with Gasteiger partial charge in [-0.2, -0.15) is 0 Å². The molecule has 21 heavy (non-hydrogen) atoms. The Morgan fingerprint density at radius 2 is 1.62 bits per heavy atom. The molecule has 2 nitrogen and oxygen atoms in total. The van der Waals surface area contributed by atoms with Gasteiger partial charge in [-0.05, 0) is 44.5 Å². The number of rotatable bonds is 8. The SMILES string of the molecule is CCCCN[C@@H](c1ccc(N(CC)CC)cc1)C(Cl)(Cl)Cl. The fourth-order valence-corrected chi connectivity index (χ4v) is 2.92. The van der Waals surface area contributed by atoms with E-state index in [4.69, 9.17) is 34.8 Å². The Hall–Kier alpha value is -0.150. The minimum absolute atomic E-state index is 0.292. The molecule has 120 valence electrons. The molecule has 0 saturated heterocycles. The van der Waals surface area contributed by atoms with Gasteiger partial charge in [-0.3, -0.25) is 0 Å². The quantitative estimate of drug-likeness (QED) is 0.503. The minimum Gasteiger partial charge on any atom is -0.372 e. The summed E-state index contributed by atoms with van der Waals surface area (Å²) in [7, 11) is 0. The summed E-state index contributed by atoms with van der Waals surface area (Å²) >= 11 is 18.4. The number of nitrogens with one attached hydrogen (secondary N) is 1. The average Bonchev–Trinajstić information content (AvgIpc) is 2.45. The Morgan fingerprint density at radius 3 is 2.05 bits per heavy atom. The van der Waals surface area contributed by atoms with E-state index in [1.165, 1.54) is 5.69 Å². The maximum absolute atomic E-state index is 6.13. The Kier molecular flexibility index (Phi) is 8.18. The zero-order valence-electron chi connectivity index (χ0n) is 13.0. The Morgan fingerprint density at radius 1 is 1.05 bits per heavy atom. The lowest BCUT2D eigenvalue weighted by molar-refractivity contribution is 0.527. The molecule has 0 unspecified atom stereocenters. The number of halogens is 3. The van der Waals surface area contributed by atoms with Gasteiger partial charge in [0.2, 0.25) is 3.79 Å². The van der Waals surface area contributed by atoms with E-state index in [9.17, 15) is 0 Å². The third-order valence-electron chi connectivity index (χ3n) is 3.56. The molecular weight excluding hydrogens is 327 g/mol. The van der Waals surface area contributed by atoms with Crippen LogP contribution in [0.1, 0.15) is 45.2 Å². The Bertz CT molecular complexity index is 397. The smallest absolute Gasteiger partial charge is 0.209 e. The normalized spacial score (nSPS) is 13.2. The van der Waals surface area contributed by atoms with Crippen molar-refractivity contribution >= 4 is 40.5 Å². The van der Waals surface area contributed by atoms with Gasteiger partial charge in [-0.1, -0.05) is 60.3 Å². The maximum Gasteiger partial charge on any atom is 0.209 e. The van der Waals surface area contributed by atoms with Crippen molar-refractivity contribution in [2.75, 3.05) is 24.5 Å². The lowest BCUT2D eigenvalue weighted by Gasteiger charge is -2.27. The van der Waals surface area contributed by atoms with Gasteiger partial charge in [0.25, 0.3) is 0 Å². The fraction of sp³-hybridized carbons (Fsp3) is 0.625. The molecule has 1 aromatic rings. The third-order valence-corrected chi connectivity index (χ3v) is 4.22. The first kappa shape index (κ1) is 18.9. The van der Waals surface area contributed by atoms with Gasteiger partial charge in [0.1, 0.15) is 0 Å². The van der Waals surface area contributed by atoms with Crippen molar-refractivity contribution in [2.24, 2.45) is 0 Å². The standard InChI is InChI=1S/C16H25Cl3N2/c1-4-7-12-20-15(16(17,18)19)13-8-10-14(11-9-13)21(5-2)6-3/h8-11,15,20H,4-7,12H2,1-3H3/t15-/m0/s1. The highest BCUT2D eigenvalue weighted by molar-refractivity contribution is 6.68. The van der Waals surface area contributed by atoms with Crippen LogP contribution in [-0.4, -0.2) is 23.4 Å². The number of anilines is 1. The molecule has 0 fully saturated rings. The molecule has 0 saturated carbocycles. The highest BCUT2D eigenvalue weighted by Crippen LogP contribution is 2.40. The second-order valence-electron chi connectivity index (χ2n) is 5.05. The number of hydrogen-bond acceptors (Lipinski definition) is 2. The molecule has 0 aliphatic rings. The number of hydrogen-bond donors (Lipinski definition) is 1. The molecule has 0 spiro atoms. The summed E-state index contributed by atoms with van der Waals surface area (Å²) in [4.78, 5) is 2.29. The van der Waals surface area contributed by atoms with Crippen molar-refractivity contribution in [3.8, 4) is 0 Å². The highest BCUT2D eigenvalue weighted by atomic mass is 35.6. The van der Waals surface area contributed by atoms with Gasteiger partial charge in [0, 0.05) is 18.8 Å². The van der Waals surface area contributed by atoms with E-state index in [1.54, 1.807) is 0 Å². The molecule has 0 aliphatic carbocycles. The average molecular weight is 352 g/mol. The monoisotopic (exact) mass is 350 g/mol. The van der Waals surface area contributed by atoms with E-state index < -0.39 is 3.79 Å². The summed E-state index contributed by atoms with van der Waals surface area (Å²) < 4.78 is -1.36. The van der Waals surface area contributed by atoms with E-state index in [0.29, 0.717) is 0 Å². The lowest BCUT2D eigenvalue weighted by Crippen LogP contribution is -2.32. The van der Waals surface area contributed by atoms with Crippen molar-refractivity contribution in [3.05, 3.63) is 29.8 Å². The van der Waals surface area contributed by atoms with Gasteiger partial charge in [0.15, 0.2) is 0 Å². The summed E-state index contributed by atoms with van der Waals surface area (Å²) in [5.74, 6) is 0. The first-order valence-electron chi connectivity index (χ1n) is 7.59. The van der Waals surface area contributed by atoms with Crippen LogP contribution in [-0.2, 0) is 0 Å². The van der Waals surface area contributed by atoms with E-state index in [1.807, 2.05) is 12.1 Å². The van der Waals surface area contributed by atoms with Crippen molar-refractivity contribution in [2.45, 2.75) is 43.4 Å². The van der Waals surface area contributed by atoms with Crippen LogP contribution >= 0.6 is 34.8 Å². The van der Waals surface area contributed by atoms with Crippen LogP contribution < -0.4 is 10.2 Å². The molecule has 1 rings (SSSR count). The van der Waals surface area contributed by atoms with Gasteiger partial charge in [0.05, 0.1) is 6.04 Å². The van der Waals surface area contributed by atoms with Crippen LogP contribution in [0.3, 0.4) is 0 Å². The molecule has 0 aliphatic heterocycles. The van der Waals surface area contributed by atoms with Crippen LogP contribution in [0.25, 0.3) is 0 Å². The minimum atomic E-state index is -1.36. The zero-order valence-corrected chi connectivity index (χ0v) is 15.3. The fourth-order valence-electron chi connectivity index (χ4n) is 2.31. The lowest BCUT2D eigenvalue weighted by atomic mass is 10.1. The number of unbranched alkanes of at least 4 members (excludes halogenated alkanes) is 1. The molecule has 0 amide bonds. The Labute approximate surface area is 143 Å². The molecule has 0 aromatic heterocycles. The molecule has 0 bridgehead atoms. The van der Waals surface area contributed by atoms with Crippen molar-refractivity contribution in [1.82, 2.24) is 5.32 Å². The summed E-state index contributed by atoms with van der Waals surface area (Å²) in [6.07, 6.45) is 2.18. The number of nitrogens with zero attached hydrogens (tertiary/aromatic N) is 1.